The third kappa shape index (κ3) is 3.29. The molecule has 1 aliphatic rings. The van der Waals surface area contributed by atoms with Crippen LogP contribution in [-0.4, -0.2) is 44.8 Å². The molecule has 1 aromatic heterocycles. The van der Waals surface area contributed by atoms with Crippen LogP contribution in [0.4, 0.5) is 0 Å². The Kier molecular flexibility index (Phi) is 4.35. The maximum atomic E-state index is 4.41. The molecule has 2 atom stereocenters. The van der Waals surface area contributed by atoms with Crippen molar-refractivity contribution >= 4 is 0 Å². The van der Waals surface area contributed by atoms with Crippen LogP contribution in [0, 0.1) is 5.92 Å². The zero-order chi connectivity index (χ0) is 13.1. The van der Waals surface area contributed by atoms with Crippen molar-refractivity contribution in [2.24, 2.45) is 5.92 Å². The molecule has 2 rings (SSSR count). The van der Waals surface area contributed by atoms with Gasteiger partial charge in [0.1, 0.15) is 12.2 Å². The molecule has 0 aromatic carbocycles. The van der Waals surface area contributed by atoms with Gasteiger partial charge < -0.3 is 5.32 Å². The zero-order valence-corrected chi connectivity index (χ0v) is 11.9. The first-order chi connectivity index (χ1) is 8.56. The van der Waals surface area contributed by atoms with Crippen molar-refractivity contribution in [2.45, 2.75) is 52.9 Å². The van der Waals surface area contributed by atoms with Gasteiger partial charge in [-0.1, -0.05) is 13.8 Å². The maximum absolute atomic E-state index is 4.41. The van der Waals surface area contributed by atoms with Crippen molar-refractivity contribution in [2.75, 3.05) is 13.1 Å². The molecule has 1 aliphatic heterocycles. The van der Waals surface area contributed by atoms with Crippen molar-refractivity contribution < 1.29 is 0 Å². The van der Waals surface area contributed by atoms with E-state index in [1.54, 1.807) is 6.33 Å². The highest BCUT2D eigenvalue weighted by atomic mass is 15.4. The Morgan fingerprint density at radius 1 is 1.44 bits per heavy atom. The molecule has 1 fully saturated rings. The maximum Gasteiger partial charge on any atom is 0.141 e. The van der Waals surface area contributed by atoms with E-state index in [-0.39, 0.29) is 0 Å². The van der Waals surface area contributed by atoms with Crippen molar-refractivity contribution in [3.63, 3.8) is 0 Å². The van der Waals surface area contributed by atoms with E-state index in [2.05, 4.69) is 48.0 Å². The normalized spacial score (nSPS) is 25.8. The fourth-order valence-corrected chi connectivity index (χ4v) is 2.41. The summed E-state index contributed by atoms with van der Waals surface area (Å²) < 4.78 is 2.05. The van der Waals surface area contributed by atoms with Crippen molar-refractivity contribution in [1.82, 2.24) is 25.0 Å². The minimum absolute atomic E-state index is 0.558. The van der Waals surface area contributed by atoms with E-state index in [0.29, 0.717) is 18.0 Å². The summed E-state index contributed by atoms with van der Waals surface area (Å²) in [7, 11) is 0. The van der Waals surface area contributed by atoms with E-state index in [9.17, 15) is 0 Å². The highest BCUT2D eigenvalue weighted by Gasteiger charge is 2.23. The molecule has 0 saturated carbocycles. The van der Waals surface area contributed by atoms with Crippen LogP contribution < -0.4 is 5.32 Å². The molecular weight excluding hydrogens is 226 g/mol. The summed E-state index contributed by atoms with van der Waals surface area (Å²) in [6.07, 6.45) is 1.67. The van der Waals surface area contributed by atoms with E-state index >= 15 is 0 Å². The monoisotopic (exact) mass is 251 g/mol. The lowest BCUT2D eigenvalue weighted by Gasteiger charge is -2.37. The molecule has 0 amide bonds. The van der Waals surface area contributed by atoms with Gasteiger partial charge >= 0.3 is 0 Å². The minimum atomic E-state index is 0.558. The Morgan fingerprint density at radius 3 is 2.94 bits per heavy atom. The summed E-state index contributed by atoms with van der Waals surface area (Å²) in [5, 5.41) is 7.83. The number of rotatable bonds is 4. The molecule has 2 heterocycles. The highest BCUT2D eigenvalue weighted by Crippen LogP contribution is 2.11. The molecule has 1 saturated heterocycles. The van der Waals surface area contributed by atoms with Crippen LogP contribution in [0.1, 0.15) is 33.5 Å². The molecule has 1 aromatic rings. The van der Waals surface area contributed by atoms with Gasteiger partial charge in [0.15, 0.2) is 0 Å². The largest absolute Gasteiger partial charge is 0.311 e. The van der Waals surface area contributed by atoms with E-state index in [4.69, 9.17) is 0 Å². The molecule has 1 N–H and O–H groups in total. The average molecular weight is 251 g/mol. The number of hydrogen-bond acceptors (Lipinski definition) is 4. The summed E-state index contributed by atoms with van der Waals surface area (Å²) in [5.41, 5.74) is 0. The summed E-state index contributed by atoms with van der Waals surface area (Å²) >= 11 is 0. The Balaban J connectivity index is 2.01. The van der Waals surface area contributed by atoms with Gasteiger partial charge in [0.2, 0.25) is 0 Å². The lowest BCUT2D eigenvalue weighted by molar-refractivity contribution is 0.133. The first-order valence-corrected chi connectivity index (χ1v) is 6.90. The quantitative estimate of drug-likeness (QED) is 0.871. The van der Waals surface area contributed by atoms with Gasteiger partial charge in [-0.2, -0.15) is 5.10 Å². The molecule has 102 valence electrons. The van der Waals surface area contributed by atoms with E-state index in [0.717, 1.165) is 32.0 Å². The first-order valence-electron chi connectivity index (χ1n) is 6.90. The Bertz CT molecular complexity index is 373. The fraction of sp³-hybridized carbons (Fsp3) is 0.846. The van der Waals surface area contributed by atoms with Gasteiger partial charge in [-0.25, -0.2) is 9.67 Å². The molecule has 0 bridgehead atoms. The number of nitrogens with one attached hydrogen (secondary N) is 1. The third-order valence-corrected chi connectivity index (χ3v) is 3.47. The lowest BCUT2D eigenvalue weighted by Crippen LogP contribution is -2.54. The van der Waals surface area contributed by atoms with Crippen LogP contribution in [0.5, 0.6) is 0 Å². The Labute approximate surface area is 110 Å². The second kappa shape index (κ2) is 5.80. The van der Waals surface area contributed by atoms with Crippen LogP contribution in [-0.2, 0) is 13.1 Å². The van der Waals surface area contributed by atoms with Crippen LogP contribution in [0.3, 0.4) is 0 Å². The summed E-state index contributed by atoms with van der Waals surface area (Å²) in [6.45, 7) is 12.9. The van der Waals surface area contributed by atoms with Crippen LogP contribution in [0.25, 0.3) is 0 Å². The average Bonchev–Trinajstić information content (AvgIpc) is 2.70. The van der Waals surface area contributed by atoms with Gasteiger partial charge in [0, 0.05) is 31.7 Å². The smallest absolute Gasteiger partial charge is 0.141 e. The van der Waals surface area contributed by atoms with Crippen LogP contribution in [0.15, 0.2) is 6.33 Å². The van der Waals surface area contributed by atoms with E-state index in [1.807, 2.05) is 4.68 Å². The van der Waals surface area contributed by atoms with Gasteiger partial charge in [-0.05, 0) is 19.8 Å². The SMILES string of the molecule is CC(C)Cn1ncnc1CN1CC(C)NCC1C. The second-order valence-corrected chi connectivity index (χ2v) is 5.84. The standard InChI is InChI=1S/C13H25N5/c1-10(2)6-18-13(15-9-16-18)8-17-7-11(3)14-5-12(17)4/h9-12,14H,5-8H2,1-4H3. The predicted molar refractivity (Wildman–Crippen MR) is 72.2 cm³/mol. The van der Waals surface area contributed by atoms with E-state index in [1.165, 1.54) is 0 Å². The number of piperazine rings is 1. The van der Waals surface area contributed by atoms with Crippen molar-refractivity contribution in [3.05, 3.63) is 12.2 Å². The Morgan fingerprint density at radius 2 is 2.22 bits per heavy atom. The summed E-state index contributed by atoms with van der Waals surface area (Å²) in [6, 6.07) is 1.12. The van der Waals surface area contributed by atoms with Gasteiger partial charge in [0.05, 0.1) is 6.54 Å². The Hall–Kier alpha value is -0.940. The third-order valence-electron chi connectivity index (χ3n) is 3.47. The van der Waals surface area contributed by atoms with Crippen LogP contribution >= 0.6 is 0 Å². The number of nitrogens with zero attached hydrogens (tertiary/aromatic N) is 4. The first kappa shape index (κ1) is 13.5. The predicted octanol–water partition coefficient (Wildman–Crippen LogP) is 1.12. The zero-order valence-electron chi connectivity index (χ0n) is 11.9. The van der Waals surface area contributed by atoms with Gasteiger partial charge in [0.25, 0.3) is 0 Å². The molecular formula is C13H25N5. The number of aromatic nitrogens is 3. The number of hydrogen-bond donors (Lipinski definition) is 1. The highest BCUT2D eigenvalue weighted by molar-refractivity contribution is 4.90. The van der Waals surface area contributed by atoms with Gasteiger partial charge in [-0.15, -0.1) is 0 Å². The summed E-state index contributed by atoms with van der Waals surface area (Å²) in [5.74, 6) is 1.69. The fourth-order valence-electron chi connectivity index (χ4n) is 2.41. The molecule has 0 aliphatic carbocycles. The molecule has 18 heavy (non-hydrogen) atoms. The summed E-state index contributed by atoms with van der Waals surface area (Å²) in [4.78, 5) is 6.90. The minimum Gasteiger partial charge on any atom is -0.311 e. The molecule has 5 nitrogen and oxygen atoms in total. The second-order valence-electron chi connectivity index (χ2n) is 5.84. The topological polar surface area (TPSA) is 46.0 Å². The van der Waals surface area contributed by atoms with Crippen LogP contribution in [0.2, 0.25) is 0 Å². The molecule has 0 spiro atoms. The van der Waals surface area contributed by atoms with E-state index < -0.39 is 0 Å². The lowest BCUT2D eigenvalue weighted by atomic mass is 10.1. The van der Waals surface area contributed by atoms with Crippen molar-refractivity contribution in [1.29, 1.82) is 0 Å². The molecule has 2 unspecified atom stereocenters. The molecule has 0 radical (unpaired) electrons. The van der Waals surface area contributed by atoms with Gasteiger partial charge in [-0.3, -0.25) is 4.90 Å². The van der Waals surface area contributed by atoms with Crippen molar-refractivity contribution in [3.8, 4) is 0 Å². The molecule has 5 heteroatoms.